The van der Waals surface area contributed by atoms with Crippen LogP contribution in [0.4, 0.5) is 62.8 Å². The van der Waals surface area contributed by atoms with Crippen molar-refractivity contribution in [3.05, 3.63) is 34.4 Å². The van der Waals surface area contributed by atoms with Gasteiger partial charge in [-0.2, -0.15) is 57.1 Å². The fourth-order valence-corrected chi connectivity index (χ4v) is 2.43. The Labute approximate surface area is 155 Å². The van der Waals surface area contributed by atoms with Crippen molar-refractivity contribution in [3.8, 4) is 0 Å². The lowest BCUT2D eigenvalue weighted by Gasteiger charge is -2.39. The van der Waals surface area contributed by atoms with Gasteiger partial charge in [-0.25, -0.2) is 0 Å². The number of rotatable bonds is 7. The Morgan fingerprint density at radius 1 is 0.655 bits per heavy atom. The average molecular weight is 473 g/mol. The molecule has 0 N–H and O–H groups in total. The summed E-state index contributed by atoms with van der Waals surface area (Å²) in [5.41, 5.74) is -0.786. The van der Waals surface area contributed by atoms with Crippen LogP contribution < -0.4 is 0 Å². The minimum atomic E-state index is -7.97. The molecule has 0 heterocycles. The molecule has 0 saturated carbocycles. The molecule has 0 aromatic heterocycles. The molecular weight excluding hydrogens is 469 g/mol. The maximum Gasteiger partial charge on any atom is 0.460 e. The van der Waals surface area contributed by atoms with Crippen molar-refractivity contribution in [2.75, 3.05) is 0 Å². The largest absolute Gasteiger partial charge is 0.460 e. The summed E-state index contributed by atoms with van der Waals surface area (Å²) >= 11 is -1.61. The van der Waals surface area contributed by atoms with Gasteiger partial charge in [0.15, 0.2) is 0 Å². The summed E-state index contributed by atoms with van der Waals surface area (Å²) in [5, 5.41) is 4.01. The standard InChI is InChI=1S/C12H4F13NO2S/c13-7(14,9(17,18)11(21,22)23)8(15,16)10(19,20)12(24,25)29-6-3-1-5(2-4-6)26(27)28/h1-4H. The number of hydrogen-bond acceptors (Lipinski definition) is 3. The maximum absolute atomic E-state index is 13.6. The van der Waals surface area contributed by atoms with Gasteiger partial charge in [-0.15, -0.1) is 0 Å². The van der Waals surface area contributed by atoms with Crippen molar-refractivity contribution >= 4 is 17.4 Å². The van der Waals surface area contributed by atoms with Crippen molar-refractivity contribution in [1.29, 1.82) is 0 Å². The van der Waals surface area contributed by atoms with E-state index in [1.165, 1.54) is 0 Å². The topological polar surface area (TPSA) is 43.1 Å². The van der Waals surface area contributed by atoms with Crippen LogP contribution in [0.3, 0.4) is 0 Å². The van der Waals surface area contributed by atoms with Gasteiger partial charge >= 0.3 is 35.1 Å². The highest BCUT2D eigenvalue weighted by atomic mass is 32.2. The van der Waals surface area contributed by atoms with Gasteiger partial charge in [-0.1, -0.05) is 0 Å². The molecule has 1 aromatic carbocycles. The van der Waals surface area contributed by atoms with Crippen LogP contribution in [0.1, 0.15) is 0 Å². The first-order chi connectivity index (χ1) is 12.6. The molecule has 29 heavy (non-hydrogen) atoms. The van der Waals surface area contributed by atoms with E-state index in [9.17, 15) is 67.2 Å². The second kappa shape index (κ2) is 7.09. The third-order valence-corrected chi connectivity index (χ3v) is 4.22. The fraction of sp³-hybridized carbons (Fsp3) is 0.500. The molecule has 3 nitrogen and oxygen atoms in total. The van der Waals surface area contributed by atoms with Crippen molar-refractivity contribution in [1.82, 2.24) is 0 Å². The number of non-ortho nitro benzene ring substituents is 1. The number of thioether (sulfide) groups is 1. The van der Waals surface area contributed by atoms with Gasteiger partial charge in [0, 0.05) is 17.0 Å². The number of hydrogen-bond donors (Lipinski definition) is 0. The summed E-state index contributed by atoms with van der Waals surface area (Å²) in [5.74, 6) is -31.1. The van der Waals surface area contributed by atoms with Gasteiger partial charge in [-0.3, -0.25) is 10.1 Å². The maximum atomic E-state index is 13.6. The van der Waals surface area contributed by atoms with Gasteiger partial charge < -0.3 is 0 Å². The van der Waals surface area contributed by atoms with Crippen molar-refractivity contribution in [2.45, 2.75) is 40.0 Å². The van der Waals surface area contributed by atoms with E-state index in [-0.39, 0.29) is 0 Å². The van der Waals surface area contributed by atoms with Crippen LogP contribution in [-0.2, 0) is 0 Å². The average Bonchev–Trinajstić information content (AvgIpc) is 2.53. The normalized spacial score (nSPS) is 14.8. The molecule has 0 aliphatic rings. The number of alkyl halides is 13. The van der Waals surface area contributed by atoms with Crippen LogP contribution in [0.5, 0.6) is 0 Å². The highest BCUT2D eigenvalue weighted by molar-refractivity contribution is 8.00. The van der Waals surface area contributed by atoms with E-state index in [4.69, 9.17) is 0 Å². The van der Waals surface area contributed by atoms with Crippen LogP contribution in [0, 0.1) is 10.1 Å². The third-order valence-electron chi connectivity index (χ3n) is 3.20. The summed E-state index contributed by atoms with van der Waals surface area (Å²) in [6.45, 7) is 0. The zero-order valence-electron chi connectivity index (χ0n) is 12.9. The Kier molecular flexibility index (Phi) is 6.13. The molecular formula is C12H4F13NO2S. The van der Waals surface area contributed by atoms with Gasteiger partial charge in [-0.05, 0) is 23.9 Å². The summed E-state index contributed by atoms with van der Waals surface area (Å²) in [4.78, 5) is 8.12. The first-order valence-electron chi connectivity index (χ1n) is 6.53. The number of halogens is 13. The third kappa shape index (κ3) is 3.92. The number of nitrogens with zero attached hydrogens (tertiary/aromatic N) is 1. The van der Waals surface area contributed by atoms with Crippen LogP contribution in [-0.4, -0.2) is 40.0 Å². The lowest BCUT2D eigenvalue weighted by Crippen LogP contribution is -2.69. The second-order valence-electron chi connectivity index (χ2n) is 5.17. The van der Waals surface area contributed by atoms with E-state index in [0.717, 1.165) is 0 Å². The summed E-state index contributed by atoms with van der Waals surface area (Å²) < 4.78 is 168. The van der Waals surface area contributed by atoms with E-state index in [2.05, 4.69) is 0 Å². The molecule has 0 unspecified atom stereocenters. The molecule has 1 aromatic rings. The summed E-state index contributed by atoms with van der Waals surface area (Å²) in [7, 11) is 0. The molecule has 0 aliphatic heterocycles. The van der Waals surface area contributed by atoms with E-state index >= 15 is 0 Å². The molecule has 0 aliphatic carbocycles. The molecule has 0 spiro atoms. The van der Waals surface area contributed by atoms with Crippen molar-refractivity contribution in [3.63, 3.8) is 0 Å². The first-order valence-corrected chi connectivity index (χ1v) is 7.34. The summed E-state index contributed by atoms with van der Waals surface area (Å²) in [6.07, 6.45) is -7.48. The minimum absolute atomic E-state index is 0.299. The van der Waals surface area contributed by atoms with Crippen LogP contribution in [0.2, 0.25) is 0 Å². The quantitative estimate of drug-likeness (QED) is 0.200. The molecule has 0 fully saturated rings. The lowest BCUT2D eigenvalue weighted by atomic mass is 9.98. The lowest BCUT2D eigenvalue weighted by molar-refractivity contribution is -0.433. The van der Waals surface area contributed by atoms with Gasteiger partial charge in [0.05, 0.1) is 4.92 Å². The van der Waals surface area contributed by atoms with E-state index < -0.39 is 62.4 Å². The Hall–Kier alpha value is -1.94. The molecule has 0 saturated heterocycles. The molecule has 0 radical (unpaired) electrons. The predicted molar refractivity (Wildman–Crippen MR) is 69.7 cm³/mol. The molecule has 166 valence electrons. The number of nitro benzene ring substituents is 1. The van der Waals surface area contributed by atoms with E-state index in [1.54, 1.807) is 0 Å². The molecule has 0 amide bonds. The Morgan fingerprint density at radius 2 is 1.03 bits per heavy atom. The first kappa shape index (κ1) is 25.1. The Balaban J connectivity index is 3.36. The van der Waals surface area contributed by atoms with Gasteiger partial charge in [0.25, 0.3) is 5.69 Å². The second-order valence-corrected chi connectivity index (χ2v) is 6.35. The van der Waals surface area contributed by atoms with Gasteiger partial charge in [0.2, 0.25) is 0 Å². The monoisotopic (exact) mass is 473 g/mol. The Bertz CT molecular complexity index is 760. The number of benzene rings is 1. The molecule has 0 atom stereocenters. The molecule has 17 heteroatoms. The van der Waals surface area contributed by atoms with E-state index in [1.807, 2.05) is 0 Å². The van der Waals surface area contributed by atoms with E-state index in [0.29, 0.717) is 24.3 Å². The Morgan fingerprint density at radius 3 is 1.38 bits per heavy atom. The van der Waals surface area contributed by atoms with Crippen molar-refractivity contribution in [2.24, 2.45) is 0 Å². The van der Waals surface area contributed by atoms with Crippen molar-refractivity contribution < 1.29 is 62.0 Å². The summed E-state index contributed by atoms with van der Waals surface area (Å²) in [6, 6.07) is 1.43. The highest BCUT2D eigenvalue weighted by Gasteiger charge is 2.90. The SMILES string of the molecule is O=[N+]([O-])c1ccc(SC(F)(F)C(F)(F)C(F)(F)C(F)(F)C(F)(F)C(F)(F)F)cc1. The fourth-order valence-electron chi connectivity index (χ4n) is 1.60. The van der Waals surface area contributed by atoms with Crippen LogP contribution in [0.15, 0.2) is 29.2 Å². The van der Waals surface area contributed by atoms with Crippen LogP contribution >= 0.6 is 11.8 Å². The molecule has 1 rings (SSSR count). The van der Waals surface area contributed by atoms with Gasteiger partial charge in [0.1, 0.15) is 0 Å². The zero-order chi connectivity index (χ0) is 23.3. The molecule has 0 bridgehead atoms. The highest BCUT2D eigenvalue weighted by Crippen LogP contribution is 2.62. The predicted octanol–water partition coefficient (Wildman–Crippen LogP) is 6.38. The number of nitro groups is 1. The zero-order valence-corrected chi connectivity index (χ0v) is 13.7. The minimum Gasteiger partial charge on any atom is -0.258 e. The van der Waals surface area contributed by atoms with Crippen LogP contribution in [0.25, 0.3) is 0 Å². The smallest absolute Gasteiger partial charge is 0.258 e.